The van der Waals surface area contributed by atoms with E-state index in [-0.39, 0.29) is 5.91 Å². The van der Waals surface area contributed by atoms with Gasteiger partial charge in [0.1, 0.15) is 11.5 Å². The molecular weight excluding hydrogens is 268 g/mol. The fraction of sp³-hybridized carbons (Fsp3) is 0.231. The van der Waals surface area contributed by atoms with Crippen LogP contribution in [-0.2, 0) is 0 Å². The summed E-state index contributed by atoms with van der Waals surface area (Å²) in [4.78, 5) is 12.1. The topological polar surface area (TPSA) is 64.4 Å². The summed E-state index contributed by atoms with van der Waals surface area (Å²) in [6.07, 6.45) is 0. The van der Waals surface area contributed by atoms with Crippen LogP contribution in [0.15, 0.2) is 22.7 Å². The van der Waals surface area contributed by atoms with Gasteiger partial charge in [-0.25, -0.2) is 0 Å². The number of hydrogen-bond donors (Lipinski definition) is 1. The number of carbonyl (C=O) groups is 1. The van der Waals surface area contributed by atoms with Gasteiger partial charge in [0.25, 0.3) is 5.91 Å². The molecule has 100 valence electrons. The quantitative estimate of drug-likeness (QED) is 0.938. The maximum atomic E-state index is 12.1. The highest BCUT2D eigenvalue weighted by atomic mass is 35.5. The number of methoxy groups -OCH3 is 1. The third-order valence-corrected chi connectivity index (χ3v) is 2.91. The van der Waals surface area contributed by atoms with Gasteiger partial charge in [0.05, 0.1) is 12.1 Å². The second-order valence-electron chi connectivity index (χ2n) is 4.08. The van der Waals surface area contributed by atoms with Crippen LogP contribution in [-0.4, -0.2) is 18.2 Å². The minimum Gasteiger partial charge on any atom is -0.495 e. The molecule has 1 N–H and O–H groups in total. The number of nitrogens with one attached hydrogen (secondary N) is 1. The molecule has 1 heterocycles. The molecule has 2 rings (SSSR count). The molecule has 6 heteroatoms. The number of hydrogen-bond acceptors (Lipinski definition) is 4. The fourth-order valence-electron chi connectivity index (χ4n) is 1.67. The summed E-state index contributed by atoms with van der Waals surface area (Å²) in [6, 6.07) is 4.92. The standard InChI is InChI=1S/C13H13ClN2O3/c1-7-4-11(18-3)10(14)6-9(7)13(17)15-12-5-8(2)19-16-12/h4-6H,1-3H3,(H,15,16,17). The van der Waals surface area contributed by atoms with Crippen molar-refractivity contribution in [2.24, 2.45) is 0 Å². The number of ether oxygens (including phenoxy) is 1. The fourth-order valence-corrected chi connectivity index (χ4v) is 1.91. The maximum absolute atomic E-state index is 12.1. The van der Waals surface area contributed by atoms with Gasteiger partial charge in [0.2, 0.25) is 0 Å². The SMILES string of the molecule is COc1cc(C)c(C(=O)Nc2cc(C)on2)cc1Cl. The van der Waals surface area contributed by atoms with E-state index in [9.17, 15) is 4.79 Å². The molecule has 0 fully saturated rings. The first-order valence-electron chi connectivity index (χ1n) is 5.60. The van der Waals surface area contributed by atoms with Crippen LogP contribution >= 0.6 is 11.6 Å². The van der Waals surface area contributed by atoms with E-state index in [4.69, 9.17) is 20.9 Å². The van der Waals surface area contributed by atoms with E-state index in [1.54, 1.807) is 25.1 Å². The molecule has 0 radical (unpaired) electrons. The van der Waals surface area contributed by atoms with Crippen LogP contribution in [0.25, 0.3) is 0 Å². The number of halogens is 1. The smallest absolute Gasteiger partial charge is 0.257 e. The van der Waals surface area contributed by atoms with Crippen molar-refractivity contribution in [3.63, 3.8) is 0 Å². The lowest BCUT2D eigenvalue weighted by molar-refractivity contribution is 0.102. The Morgan fingerprint density at radius 3 is 2.68 bits per heavy atom. The molecule has 0 spiro atoms. The van der Waals surface area contributed by atoms with Crippen LogP contribution in [0.2, 0.25) is 5.02 Å². The van der Waals surface area contributed by atoms with E-state index < -0.39 is 0 Å². The molecule has 0 bridgehead atoms. The Bertz CT molecular complexity index is 622. The summed E-state index contributed by atoms with van der Waals surface area (Å²) < 4.78 is 9.97. The number of rotatable bonds is 3. The Morgan fingerprint density at radius 1 is 1.37 bits per heavy atom. The van der Waals surface area contributed by atoms with Crippen molar-refractivity contribution < 1.29 is 14.1 Å². The van der Waals surface area contributed by atoms with Gasteiger partial charge in [0.15, 0.2) is 5.82 Å². The lowest BCUT2D eigenvalue weighted by Gasteiger charge is -2.09. The summed E-state index contributed by atoms with van der Waals surface area (Å²) in [7, 11) is 1.53. The Balaban J connectivity index is 2.26. The van der Waals surface area contributed by atoms with Crippen molar-refractivity contribution in [1.29, 1.82) is 0 Å². The van der Waals surface area contributed by atoms with E-state index in [1.165, 1.54) is 7.11 Å². The van der Waals surface area contributed by atoms with Crippen LogP contribution in [0.1, 0.15) is 21.7 Å². The first-order valence-corrected chi connectivity index (χ1v) is 5.98. The van der Waals surface area contributed by atoms with E-state index in [0.717, 1.165) is 5.56 Å². The molecular formula is C13H13ClN2O3. The molecule has 0 aliphatic carbocycles. The van der Waals surface area contributed by atoms with Crippen molar-refractivity contribution in [1.82, 2.24) is 5.16 Å². The number of amides is 1. The first kappa shape index (κ1) is 13.4. The van der Waals surface area contributed by atoms with Gasteiger partial charge >= 0.3 is 0 Å². The van der Waals surface area contributed by atoms with Crippen LogP contribution in [0, 0.1) is 13.8 Å². The summed E-state index contributed by atoms with van der Waals surface area (Å²) in [5.41, 5.74) is 1.23. The molecule has 0 aliphatic heterocycles. The molecule has 1 aromatic heterocycles. The number of nitrogens with zero attached hydrogens (tertiary/aromatic N) is 1. The molecule has 1 aromatic carbocycles. The minimum atomic E-state index is -0.296. The van der Waals surface area contributed by atoms with Gasteiger partial charge in [-0.15, -0.1) is 0 Å². The van der Waals surface area contributed by atoms with Crippen LogP contribution in [0.5, 0.6) is 5.75 Å². The number of aromatic nitrogens is 1. The first-order chi connectivity index (χ1) is 9.01. The molecule has 19 heavy (non-hydrogen) atoms. The zero-order valence-electron chi connectivity index (χ0n) is 10.8. The van der Waals surface area contributed by atoms with Gasteiger partial charge in [-0.1, -0.05) is 16.8 Å². The zero-order valence-corrected chi connectivity index (χ0v) is 11.5. The number of benzene rings is 1. The van der Waals surface area contributed by atoms with Crippen molar-refractivity contribution >= 4 is 23.3 Å². The van der Waals surface area contributed by atoms with Crippen molar-refractivity contribution in [3.05, 3.63) is 40.1 Å². The van der Waals surface area contributed by atoms with E-state index >= 15 is 0 Å². The molecule has 0 aliphatic rings. The lowest BCUT2D eigenvalue weighted by atomic mass is 10.1. The normalized spacial score (nSPS) is 10.3. The zero-order chi connectivity index (χ0) is 14.0. The highest BCUT2D eigenvalue weighted by Gasteiger charge is 2.14. The molecule has 0 unspecified atom stereocenters. The van der Waals surface area contributed by atoms with Gasteiger partial charge in [-0.3, -0.25) is 4.79 Å². The summed E-state index contributed by atoms with van der Waals surface area (Å²) in [6.45, 7) is 3.56. The Kier molecular flexibility index (Phi) is 3.76. The van der Waals surface area contributed by atoms with E-state index in [2.05, 4.69) is 10.5 Å². The van der Waals surface area contributed by atoms with Crippen molar-refractivity contribution in [2.75, 3.05) is 12.4 Å². The van der Waals surface area contributed by atoms with E-state index in [0.29, 0.717) is 27.9 Å². The Morgan fingerprint density at radius 2 is 2.11 bits per heavy atom. The Hall–Kier alpha value is -2.01. The molecule has 0 atom stereocenters. The van der Waals surface area contributed by atoms with E-state index in [1.807, 2.05) is 6.92 Å². The van der Waals surface area contributed by atoms with Gasteiger partial charge in [-0.2, -0.15) is 0 Å². The van der Waals surface area contributed by atoms with Crippen LogP contribution < -0.4 is 10.1 Å². The second-order valence-corrected chi connectivity index (χ2v) is 4.49. The molecule has 2 aromatic rings. The highest BCUT2D eigenvalue weighted by Crippen LogP contribution is 2.28. The largest absolute Gasteiger partial charge is 0.495 e. The monoisotopic (exact) mass is 280 g/mol. The number of aryl methyl sites for hydroxylation is 2. The summed E-state index contributed by atoms with van der Waals surface area (Å²) >= 11 is 6.01. The average molecular weight is 281 g/mol. The predicted molar refractivity (Wildman–Crippen MR) is 71.9 cm³/mol. The van der Waals surface area contributed by atoms with Gasteiger partial charge in [0, 0.05) is 11.6 Å². The number of carbonyl (C=O) groups excluding carboxylic acids is 1. The molecule has 5 nitrogen and oxygen atoms in total. The maximum Gasteiger partial charge on any atom is 0.257 e. The second kappa shape index (κ2) is 5.32. The molecule has 0 saturated carbocycles. The summed E-state index contributed by atoms with van der Waals surface area (Å²) in [5, 5.41) is 6.73. The van der Waals surface area contributed by atoms with Gasteiger partial charge in [-0.05, 0) is 31.5 Å². The molecule has 0 saturated heterocycles. The van der Waals surface area contributed by atoms with Crippen molar-refractivity contribution in [2.45, 2.75) is 13.8 Å². The highest BCUT2D eigenvalue weighted by molar-refractivity contribution is 6.32. The van der Waals surface area contributed by atoms with Crippen LogP contribution in [0.4, 0.5) is 5.82 Å². The van der Waals surface area contributed by atoms with Crippen molar-refractivity contribution in [3.8, 4) is 5.75 Å². The molecule has 1 amide bonds. The van der Waals surface area contributed by atoms with Gasteiger partial charge < -0.3 is 14.6 Å². The van der Waals surface area contributed by atoms with Crippen LogP contribution in [0.3, 0.4) is 0 Å². The predicted octanol–water partition coefficient (Wildman–Crippen LogP) is 3.21. The summed E-state index contributed by atoms with van der Waals surface area (Å²) in [5.74, 6) is 1.23. The third kappa shape index (κ3) is 2.88. The minimum absolute atomic E-state index is 0.296. The Labute approximate surface area is 115 Å². The number of anilines is 1. The average Bonchev–Trinajstić information content (AvgIpc) is 2.77. The lowest BCUT2D eigenvalue weighted by Crippen LogP contribution is -2.13. The third-order valence-electron chi connectivity index (χ3n) is 2.61.